The number of nitrogens with zero attached hydrogens (tertiary/aromatic N) is 6. The van der Waals surface area contributed by atoms with E-state index in [0.29, 0.717) is 44.5 Å². The zero-order chi connectivity index (χ0) is 21.0. The predicted molar refractivity (Wildman–Crippen MR) is 128 cm³/mol. The monoisotopic (exact) mass is 563 g/mol. The third kappa shape index (κ3) is 5.98. The van der Waals surface area contributed by atoms with Crippen molar-refractivity contribution < 1.29 is 12.9 Å². The topological polar surface area (TPSA) is 109 Å². The molecule has 0 aromatic carbocycles. The molecule has 2 aliphatic rings. The van der Waals surface area contributed by atoms with Crippen LogP contribution in [0.2, 0.25) is 0 Å². The minimum atomic E-state index is -3.41. The van der Waals surface area contributed by atoms with Crippen LogP contribution < -0.4 is 5.32 Å². The molecule has 2 aromatic heterocycles. The van der Waals surface area contributed by atoms with E-state index in [4.69, 9.17) is 9.62 Å². The van der Waals surface area contributed by atoms with Crippen LogP contribution in [0.5, 0.6) is 0 Å². The first-order chi connectivity index (χ1) is 14.5. The van der Waals surface area contributed by atoms with Crippen LogP contribution in [-0.2, 0) is 22.3 Å². The summed E-state index contributed by atoms with van der Waals surface area (Å²) in [6.45, 7) is 2.58. The molecule has 172 valence electrons. The van der Waals surface area contributed by atoms with Gasteiger partial charge in [-0.15, -0.1) is 24.0 Å². The highest BCUT2D eigenvalue weighted by Crippen LogP contribution is 2.28. The molecule has 0 radical (unpaired) electrons. The summed E-state index contributed by atoms with van der Waals surface area (Å²) in [5.74, 6) is 0.624. The normalized spacial score (nSPS) is 18.9. The molecule has 0 bridgehead atoms. The number of sulfonamides is 1. The zero-order valence-corrected chi connectivity index (χ0v) is 20.8. The summed E-state index contributed by atoms with van der Waals surface area (Å²) in [5.41, 5.74) is 1.41. The first-order valence-corrected chi connectivity index (χ1v) is 12.0. The van der Waals surface area contributed by atoms with Gasteiger partial charge in [0.2, 0.25) is 10.0 Å². The Hall–Kier alpha value is -1.67. The van der Waals surface area contributed by atoms with Gasteiger partial charge in [-0.3, -0.25) is 9.67 Å². The summed E-state index contributed by atoms with van der Waals surface area (Å²) in [6.07, 6.45) is 8.43. The number of aromatic nitrogens is 3. The summed E-state index contributed by atoms with van der Waals surface area (Å²) < 4.78 is 33.5. The standard InChI is InChI=1S/C19H29N7O3S.HI/c1-20-19(21-14-16-6-8-26(22-16)18-4-2-3-5-18)24-9-11-25(12-10-24)30(27,28)15-17-7-13-29-23-17;/h6-8,13,18H,2-5,9-12,14-15H2,1H3,(H,20,21);1H. The molecule has 0 spiro atoms. The Morgan fingerprint density at radius 2 is 1.94 bits per heavy atom. The maximum absolute atomic E-state index is 12.6. The van der Waals surface area contributed by atoms with Gasteiger partial charge in [-0.05, 0) is 18.9 Å². The Morgan fingerprint density at radius 3 is 2.58 bits per heavy atom. The SMILES string of the molecule is CN=C(NCc1ccn(C2CCCC2)n1)N1CCN(S(=O)(=O)Cc2ccon2)CC1.I. The van der Waals surface area contributed by atoms with Crippen LogP contribution in [0.25, 0.3) is 0 Å². The lowest BCUT2D eigenvalue weighted by molar-refractivity contribution is 0.259. The number of piperazine rings is 1. The summed E-state index contributed by atoms with van der Waals surface area (Å²) >= 11 is 0. The van der Waals surface area contributed by atoms with Crippen LogP contribution in [0.15, 0.2) is 34.1 Å². The molecular formula is C19H30IN7O3S. The van der Waals surface area contributed by atoms with Gasteiger partial charge in [0, 0.05) is 45.5 Å². The van der Waals surface area contributed by atoms with E-state index in [2.05, 4.69) is 31.2 Å². The summed E-state index contributed by atoms with van der Waals surface area (Å²) in [5, 5.41) is 11.8. The first-order valence-electron chi connectivity index (χ1n) is 10.4. The lowest BCUT2D eigenvalue weighted by Gasteiger charge is -2.35. The average Bonchev–Trinajstić information content (AvgIpc) is 3.51. The van der Waals surface area contributed by atoms with Gasteiger partial charge in [0.1, 0.15) is 12.0 Å². The molecule has 10 nitrogen and oxygen atoms in total. The van der Waals surface area contributed by atoms with Gasteiger partial charge in [-0.2, -0.15) is 9.40 Å². The summed E-state index contributed by atoms with van der Waals surface area (Å²) in [4.78, 5) is 6.45. The van der Waals surface area contributed by atoms with Crippen LogP contribution in [0, 0.1) is 0 Å². The largest absolute Gasteiger partial charge is 0.364 e. The first kappa shape index (κ1) is 24.0. The fraction of sp³-hybridized carbons (Fsp3) is 0.632. The van der Waals surface area contributed by atoms with Crippen molar-refractivity contribution >= 4 is 40.0 Å². The van der Waals surface area contributed by atoms with Gasteiger partial charge < -0.3 is 14.7 Å². The van der Waals surface area contributed by atoms with Crippen molar-refractivity contribution in [3.8, 4) is 0 Å². The zero-order valence-electron chi connectivity index (χ0n) is 17.7. The predicted octanol–water partition coefficient (Wildman–Crippen LogP) is 1.83. The molecule has 1 saturated heterocycles. The van der Waals surface area contributed by atoms with E-state index >= 15 is 0 Å². The highest BCUT2D eigenvalue weighted by Gasteiger charge is 2.29. The Balaban J connectivity index is 0.00000272. The van der Waals surface area contributed by atoms with Crippen molar-refractivity contribution in [3.05, 3.63) is 36.0 Å². The third-order valence-corrected chi connectivity index (χ3v) is 7.57. The van der Waals surface area contributed by atoms with Crippen molar-refractivity contribution in [3.63, 3.8) is 0 Å². The van der Waals surface area contributed by atoms with Crippen LogP contribution in [-0.4, -0.2) is 71.7 Å². The van der Waals surface area contributed by atoms with Crippen LogP contribution in [0.1, 0.15) is 43.1 Å². The van der Waals surface area contributed by atoms with Crippen LogP contribution >= 0.6 is 24.0 Å². The van der Waals surface area contributed by atoms with E-state index in [1.165, 1.54) is 36.3 Å². The maximum atomic E-state index is 12.6. The molecule has 4 rings (SSSR count). The quantitative estimate of drug-likeness (QED) is 0.325. The summed E-state index contributed by atoms with van der Waals surface area (Å²) in [7, 11) is -1.67. The number of hydrogen-bond donors (Lipinski definition) is 1. The van der Waals surface area contributed by atoms with Gasteiger partial charge in [0.05, 0.1) is 24.0 Å². The van der Waals surface area contributed by atoms with E-state index in [9.17, 15) is 8.42 Å². The van der Waals surface area contributed by atoms with Gasteiger partial charge in [0.15, 0.2) is 5.96 Å². The molecular weight excluding hydrogens is 533 g/mol. The van der Waals surface area contributed by atoms with E-state index < -0.39 is 10.0 Å². The van der Waals surface area contributed by atoms with E-state index in [-0.39, 0.29) is 29.7 Å². The average molecular weight is 563 g/mol. The fourth-order valence-corrected chi connectivity index (χ4v) is 5.54. The maximum Gasteiger partial charge on any atom is 0.220 e. The Bertz CT molecular complexity index is 947. The second-order valence-corrected chi connectivity index (χ2v) is 9.73. The highest BCUT2D eigenvalue weighted by atomic mass is 127. The number of guanidine groups is 1. The molecule has 3 heterocycles. The molecule has 1 aliphatic heterocycles. The number of rotatable bonds is 6. The van der Waals surface area contributed by atoms with Crippen molar-refractivity contribution in [2.45, 2.75) is 44.0 Å². The Labute approximate surface area is 200 Å². The molecule has 2 aromatic rings. The molecule has 1 aliphatic carbocycles. The van der Waals surface area contributed by atoms with E-state index in [0.717, 1.165) is 11.7 Å². The lowest BCUT2D eigenvalue weighted by atomic mass is 10.3. The van der Waals surface area contributed by atoms with Crippen molar-refractivity contribution in [1.29, 1.82) is 0 Å². The lowest BCUT2D eigenvalue weighted by Crippen LogP contribution is -2.53. The minimum absolute atomic E-state index is 0. The van der Waals surface area contributed by atoms with E-state index in [1.54, 1.807) is 13.1 Å². The molecule has 31 heavy (non-hydrogen) atoms. The molecule has 2 fully saturated rings. The van der Waals surface area contributed by atoms with Gasteiger partial charge in [-0.25, -0.2) is 8.42 Å². The van der Waals surface area contributed by atoms with Gasteiger partial charge in [-0.1, -0.05) is 18.0 Å². The number of halogens is 1. The Morgan fingerprint density at radius 1 is 1.19 bits per heavy atom. The Kier molecular flexibility index (Phi) is 8.33. The molecule has 12 heteroatoms. The van der Waals surface area contributed by atoms with Gasteiger partial charge >= 0.3 is 0 Å². The number of aliphatic imine (C=N–C) groups is 1. The molecule has 0 atom stereocenters. The van der Waals surface area contributed by atoms with Gasteiger partial charge in [0.25, 0.3) is 0 Å². The van der Waals surface area contributed by atoms with Crippen molar-refractivity contribution in [1.82, 2.24) is 29.5 Å². The van der Waals surface area contributed by atoms with Crippen LogP contribution in [0.3, 0.4) is 0 Å². The molecule has 0 amide bonds. The van der Waals surface area contributed by atoms with Crippen LogP contribution in [0.4, 0.5) is 0 Å². The van der Waals surface area contributed by atoms with Crippen molar-refractivity contribution in [2.24, 2.45) is 4.99 Å². The molecule has 1 N–H and O–H groups in total. The third-order valence-electron chi connectivity index (χ3n) is 5.75. The number of nitrogens with one attached hydrogen (secondary N) is 1. The molecule has 0 unspecified atom stereocenters. The number of hydrogen-bond acceptors (Lipinski definition) is 6. The fourth-order valence-electron chi connectivity index (χ4n) is 4.11. The summed E-state index contributed by atoms with van der Waals surface area (Å²) in [6, 6.07) is 4.16. The minimum Gasteiger partial charge on any atom is -0.364 e. The highest BCUT2D eigenvalue weighted by molar-refractivity contribution is 14.0. The second-order valence-electron chi connectivity index (χ2n) is 7.76. The smallest absolute Gasteiger partial charge is 0.220 e. The second kappa shape index (κ2) is 10.8. The van der Waals surface area contributed by atoms with Crippen molar-refractivity contribution in [2.75, 3.05) is 33.2 Å². The van der Waals surface area contributed by atoms with E-state index in [1.807, 2.05) is 6.07 Å². The molecule has 1 saturated carbocycles.